The SMILES string of the molecule is CC(C)CNCc1cnnn1-c1c(F)cc(F)cc1Cl. The van der Waals surface area contributed by atoms with Crippen LogP contribution in [0.2, 0.25) is 5.02 Å². The third-order valence-electron chi connectivity index (χ3n) is 2.67. The summed E-state index contributed by atoms with van der Waals surface area (Å²) in [4.78, 5) is 0. The molecule has 1 aromatic heterocycles. The molecule has 2 rings (SSSR count). The van der Waals surface area contributed by atoms with Crippen LogP contribution in [-0.2, 0) is 6.54 Å². The van der Waals surface area contributed by atoms with Gasteiger partial charge in [0.15, 0.2) is 5.82 Å². The van der Waals surface area contributed by atoms with Gasteiger partial charge in [0, 0.05) is 12.6 Å². The molecular formula is C13H15ClF2N4. The van der Waals surface area contributed by atoms with Crippen molar-refractivity contribution in [1.82, 2.24) is 20.3 Å². The summed E-state index contributed by atoms with van der Waals surface area (Å²) in [5, 5.41) is 10.7. The molecule has 2 aromatic rings. The van der Waals surface area contributed by atoms with E-state index in [1.54, 1.807) is 0 Å². The number of hydrogen-bond acceptors (Lipinski definition) is 3. The summed E-state index contributed by atoms with van der Waals surface area (Å²) in [7, 11) is 0. The maximum Gasteiger partial charge on any atom is 0.153 e. The molecule has 4 nitrogen and oxygen atoms in total. The van der Waals surface area contributed by atoms with Crippen LogP contribution in [0.3, 0.4) is 0 Å². The Balaban J connectivity index is 2.28. The fraction of sp³-hybridized carbons (Fsp3) is 0.385. The van der Waals surface area contributed by atoms with Crippen LogP contribution in [0.4, 0.5) is 8.78 Å². The monoisotopic (exact) mass is 300 g/mol. The lowest BCUT2D eigenvalue weighted by Crippen LogP contribution is -2.21. The van der Waals surface area contributed by atoms with E-state index in [1.165, 1.54) is 10.9 Å². The van der Waals surface area contributed by atoms with Crippen molar-refractivity contribution in [2.45, 2.75) is 20.4 Å². The summed E-state index contributed by atoms with van der Waals surface area (Å²) in [6.07, 6.45) is 1.52. The van der Waals surface area contributed by atoms with Gasteiger partial charge in [0.05, 0.1) is 16.9 Å². The van der Waals surface area contributed by atoms with Crippen LogP contribution in [0.1, 0.15) is 19.5 Å². The molecule has 0 aliphatic carbocycles. The molecule has 0 aliphatic heterocycles. The largest absolute Gasteiger partial charge is 0.311 e. The van der Waals surface area contributed by atoms with Gasteiger partial charge < -0.3 is 5.32 Å². The summed E-state index contributed by atoms with van der Waals surface area (Å²) in [5.41, 5.74) is 0.657. The number of nitrogens with one attached hydrogen (secondary N) is 1. The van der Waals surface area contributed by atoms with Crippen molar-refractivity contribution >= 4 is 11.6 Å². The molecule has 0 unspecified atom stereocenters. The van der Waals surface area contributed by atoms with Crippen LogP contribution in [0.25, 0.3) is 5.69 Å². The molecule has 0 bridgehead atoms. The van der Waals surface area contributed by atoms with E-state index in [4.69, 9.17) is 11.6 Å². The lowest BCUT2D eigenvalue weighted by Gasteiger charge is -2.11. The molecule has 0 spiro atoms. The van der Waals surface area contributed by atoms with Crippen molar-refractivity contribution < 1.29 is 8.78 Å². The Bertz CT molecular complexity index is 575. The molecule has 0 aliphatic rings. The second-order valence-electron chi connectivity index (χ2n) is 4.88. The van der Waals surface area contributed by atoms with Gasteiger partial charge in [0.1, 0.15) is 11.5 Å². The third kappa shape index (κ3) is 3.32. The molecular weight excluding hydrogens is 286 g/mol. The third-order valence-corrected chi connectivity index (χ3v) is 2.96. The zero-order chi connectivity index (χ0) is 14.7. The highest BCUT2D eigenvalue weighted by atomic mass is 35.5. The molecule has 1 aromatic carbocycles. The smallest absolute Gasteiger partial charge is 0.153 e. The van der Waals surface area contributed by atoms with Crippen molar-refractivity contribution in [2.75, 3.05) is 6.54 Å². The van der Waals surface area contributed by atoms with Gasteiger partial charge in [-0.3, -0.25) is 0 Å². The van der Waals surface area contributed by atoms with Crippen LogP contribution in [0.5, 0.6) is 0 Å². The average molecular weight is 301 g/mol. The van der Waals surface area contributed by atoms with Crippen molar-refractivity contribution in [3.63, 3.8) is 0 Å². The van der Waals surface area contributed by atoms with Crippen molar-refractivity contribution in [1.29, 1.82) is 0 Å². The topological polar surface area (TPSA) is 42.7 Å². The summed E-state index contributed by atoms with van der Waals surface area (Å²) < 4.78 is 28.2. The number of hydrogen-bond donors (Lipinski definition) is 1. The molecule has 1 heterocycles. The normalized spacial score (nSPS) is 11.3. The van der Waals surface area contributed by atoms with E-state index in [0.29, 0.717) is 18.2 Å². The molecule has 1 N–H and O–H groups in total. The zero-order valence-electron chi connectivity index (χ0n) is 11.2. The van der Waals surface area contributed by atoms with Crippen LogP contribution < -0.4 is 5.32 Å². The Morgan fingerprint density at radius 1 is 1.35 bits per heavy atom. The Morgan fingerprint density at radius 2 is 2.10 bits per heavy atom. The molecule has 0 saturated heterocycles. The molecule has 20 heavy (non-hydrogen) atoms. The molecule has 108 valence electrons. The van der Waals surface area contributed by atoms with Gasteiger partial charge >= 0.3 is 0 Å². The minimum absolute atomic E-state index is 0.00640. The standard InChI is InChI=1S/C13H15ClF2N4/c1-8(2)5-17-6-10-7-18-19-20(10)13-11(14)3-9(15)4-12(13)16/h3-4,7-8,17H,5-6H2,1-2H3. The Labute approximate surface area is 120 Å². The molecule has 0 saturated carbocycles. The average Bonchev–Trinajstić information content (AvgIpc) is 2.75. The van der Waals surface area contributed by atoms with E-state index in [-0.39, 0.29) is 10.7 Å². The molecule has 0 radical (unpaired) electrons. The maximum absolute atomic E-state index is 13.9. The van der Waals surface area contributed by atoms with Crippen LogP contribution >= 0.6 is 11.6 Å². The van der Waals surface area contributed by atoms with E-state index in [9.17, 15) is 8.78 Å². The molecule has 0 atom stereocenters. The first-order chi connectivity index (χ1) is 9.49. The lowest BCUT2D eigenvalue weighted by molar-refractivity contribution is 0.536. The summed E-state index contributed by atoms with van der Waals surface area (Å²) in [6, 6.07) is 1.82. The zero-order valence-corrected chi connectivity index (χ0v) is 12.0. The van der Waals surface area contributed by atoms with Gasteiger partial charge in [-0.25, -0.2) is 13.5 Å². The number of halogens is 3. The summed E-state index contributed by atoms with van der Waals surface area (Å²) >= 11 is 5.89. The highest BCUT2D eigenvalue weighted by Crippen LogP contribution is 2.25. The van der Waals surface area contributed by atoms with Gasteiger partial charge in [0.2, 0.25) is 0 Å². The highest BCUT2D eigenvalue weighted by molar-refractivity contribution is 6.32. The number of rotatable bonds is 5. The minimum atomic E-state index is -0.773. The first-order valence-corrected chi connectivity index (χ1v) is 6.62. The van der Waals surface area contributed by atoms with E-state index in [2.05, 4.69) is 29.5 Å². The van der Waals surface area contributed by atoms with Crippen molar-refractivity contribution in [3.05, 3.63) is 40.7 Å². The number of benzene rings is 1. The predicted molar refractivity (Wildman–Crippen MR) is 72.8 cm³/mol. The first-order valence-electron chi connectivity index (χ1n) is 6.24. The summed E-state index contributed by atoms with van der Waals surface area (Å²) in [5.74, 6) is -1.01. The predicted octanol–water partition coefficient (Wildman–Crippen LogP) is 2.94. The van der Waals surface area contributed by atoms with Gasteiger partial charge in [0.25, 0.3) is 0 Å². The highest BCUT2D eigenvalue weighted by Gasteiger charge is 2.16. The molecule has 0 fully saturated rings. The van der Waals surface area contributed by atoms with Crippen LogP contribution in [0.15, 0.2) is 18.3 Å². The van der Waals surface area contributed by atoms with Crippen LogP contribution in [0, 0.1) is 17.6 Å². The van der Waals surface area contributed by atoms with E-state index in [0.717, 1.165) is 18.7 Å². The quantitative estimate of drug-likeness (QED) is 0.923. The van der Waals surface area contributed by atoms with Crippen LogP contribution in [-0.4, -0.2) is 21.5 Å². The van der Waals surface area contributed by atoms with Gasteiger partial charge in [-0.2, -0.15) is 0 Å². The Kier molecular flexibility index (Phi) is 4.67. The van der Waals surface area contributed by atoms with Crippen molar-refractivity contribution in [3.8, 4) is 5.69 Å². The van der Waals surface area contributed by atoms with E-state index in [1.807, 2.05) is 0 Å². The maximum atomic E-state index is 13.9. The van der Waals surface area contributed by atoms with Crippen molar-refractivity contribution in [2.24, 2.45) is 5.92 Å². The first kappa shape index (κ1) is 14.9. The van der Waals surface area contributed by atoms with Gasteiger partial charge in [-0.15, -0.1) is 5.10 Å². The Morgan fingerprint density at radius 3 is 2.75 bits per heavy atom. The second kappa shape index (κ2) is 6.28. The van der Waals surface area contributed by atoms with Gasteiger partial charge in [-0.05, 0) is 18.5 Å². The second-order valence-corrected chi connectivity index (χ2v) is 5.29. The minimum Gasteiger partial charge on any atom is -0.311 e. The summed E-state index contributed by atoms with van der Waals surface area (Å²) in [6.45, 7) is 5.45. The fourth-order valence-electron chi connectivity index (χ4n) is 1.79. The molecule has 7 heteroatoms. The fourth-order valence-corrected chi connectivity index (χ4v) is 2.07. The number of nitrogens with zero attached hydrogens (tertiary/aromatic N) is 3. The van der Waals surface area contributed by atoms with Gasteiger partial charge in [-0.1, -0.05) is 30.7 Å². The molecule has 0 amide bonds. The van der Waals surface area contributed by atoms with E-state index >= 15 is 0 Å². The number of aromatic nitrogens is 3. The van der Waals surface area contributed by atoms with E-state index < -0.39 is 11.6 Å². The Hall–Kier alpha value is -1.53. The lowest BCUT2D eigenvalue weighted by atomic mass is 10.2.